The molecule has 4 rings (SSSR count). The van der Waals surface area contributed by atoms with Crippen LogP contribution in [-0.2, 0) is 23.9 Å². The number of benzene rings is 1. The first-order valence-electron chi connectivity index (χ1n) is 12.9. The van der Waals surface area contributed by atoms with E-state index in [0.29, 0.717) is 28.7 Å². The van der Waals surface area contributed by atoms with Crippen molar-refractivity contribution in [2.24, 2.45) is 23.2 Å². The van der Waals surface area contributed by atoms with Gasteiger partial charge in [0, 0.05) is 38.2 Å². The minimum Gasteiger partial charge on any atom is -0.461 e. The Hall–Kier alpha value is -4.49. The summed E-state index contributed by atoms with van der Waals surface area (Å²) in [4.78, 5) is 36.5. The highest BCUT2D eigenvalue weighted by Gasteiger charge is 2.50. The molecule has 198 valence electrons. The van der Waals surface area contributed by atoms with Gasteiger partial charge in [-0.25, -0.2) is 0 Å². The number of nitrogens with zero attached hydrogens (tertiary/aromatic N) is 2. The van der Waals surface area contributed by atoms with Crippen LogP contribution in [-0.4, -0.2) is 30.9 Å². The smallest absolute Gasteiger partial charge is 0.302 e. The number of carbonyl (C=O) groups is 3. The number of hydrogen-bond donors (Lipinski definition) is 0. The van der Waals surface area contributed by atoms with Crippen molar-refractivity contribution in [2.75, 3.05) is 13.2 Å². The minimum absolute atomic E-state index is 0.0252. The Labute approximate surface area is 228 Å². The predicted octanol–water partition coefficient (Wildman–Crippen LogP) is 5.19. The van der Waals surface area contributed by atoms with E-state index in [1.54, 1.807) is 0 Å². The Kier molecular flexibility index (Phi) is 8.12. The van der Waals surface area contributed by atoms with Gasteiger partial charge in [-0.1, -0.05) is 54.6 Å². The fourth-order valence-corrected chi connectivity index (χ4v) is 5.83. The van der Waals surface area contributed by atoms with Gasteiger partial charge in [-0.15, -0.1) is 6.58 Å². The van der Waals surface area contributed by atoms with Crippen molar-refractivity contribution >= 4 is 23.8 Å². The molecule has 1 aromatic carbocycles. The van der Waals surface area contributed by atoms with Gasteiger partial charge in [0.2, 0.25) is 0 Å². The average molecular weight is 523 g/mol. The summed E-state index contributed by atoms with van der Waals surface area (Å²) in [5.74, 6) is -1.94. The molecule has 0 heterocycles. The van der Waals surface area contributed by atoms with Crippen LogP contribution in [0, 0.1) is 45.8 Å². The number of fused-ring (bicyclic) bond motifs is 2. The van der Waals surface area contributed by atoms with E-state index in [4.69, 9.17) is 9.47 Å². The Morgan fingerprint density at radius 3 is 2.36 bits per heavy atom. The van der Waals surface area contributed by atoms with Crippen molar-refractivity contribution in [2.45, 2.75) is 33.1 Å². The molecule has 3 atom stereocenters. The van der Waals surface area contributed by atoms with Crippen LogP contribution >= 0.6 is 0 Å². The summed E-state index contributed by atoms with van der Waals surface area (Å²) >= 11 is 0. The molecule has 0 saturated heterocycles. The van der Waals surface area contributed by atoms with Gasteiger partial charge in [-0.05, 0) is 46.1 Å². The number of ketones is 1. The average Bonchev–Trinajstić information content (AvgIpc) is 3.17. The second-order valence-electron chi connectivity index (χ2n) is 10.1. The maximum atomic E-state index is 13.1. The maximum Gasteiger partial charge on any atom is 0.302 e. The summed E-state index contributed by atoms with van der Waals surface area (Å²) < 4.78 is 10.6. The molecule has 0 saturated carbocycles. The third kappa shape index (κ3) is 5.54. The molecule has 7 heteroatoms. The first-order chi connectivity index (χ1) is 18.7. The van der Waals surface area contributed by atoms with Crippen LogP contribution in [0.1, 0.15) is 38.7 Å². The predicted molar refractivity (Wildman–Crippen MR) is 144 cm³/mol. The highest BCUT2D eigenvalue weighted by Crippen LogP contribution is 2.55. The molecule has 39 heavy (non-hydrogen) atoms. The number of Topliss-reactive ketones (excluding diaryl/α,β-unsaturated/α-hetero) is 1. The molecule has 0 amide bonds. The second-order valence-corrected chi connectivity index (χ2v) is 10.1. The van der Waals surface area contributed by atoms with E-state index >= 15 is 0 Å². The van der Waals surface area contributed by atoms with Crippen molar-refractivity contribution in [3.05, 3.63) is 88.6 Å². The van der Waals surface area contributed by atoms with Crippen LogP contribution in [0.2, 0.25) is 0 Å². The number of nitriles is 2. The zero-order valence-corrected chi connectivity index (χ0v) is 22.1. The monoisotopic (exact) mass is 522 g/mol. The zero-order chi connectivity index (χ0) is 28.2. The van der Waals surface area contributed by atoms with E-state index in [1.807, 2.05) is 48.6 Å². The number of esters is 2. The molecule has 0 bridgehead atoms. The lowest BCUT2D eigenvalue weighted by molar-refractivity contribution is -0.141. The normalized spacial score (nSPS) is 23.6. The molecular weight excluding hydrogens is 492 g/mol. The van der Waals surface area contributed by atoms with E-state index in [0.717, 1.165) is 5.56 Å². The SMILES string of the molecule is C=C[C@@H]1C[C@H](/C=C/c2ccccc2)C=C2[C@@H]1C(COC(C)=O)=C1CC(=O)C(COC(C)=O)=C1CC2(C#N)C#N. The van der Waals surface area contributed by atoms with Gasteiger partial charge < -0.3 is 9.47 Å². The topological polar surface area (TPSA) is 117 Å². The van der Waals surface area contributed by atoms with Crippen LogP contribution in [0.25, 0.3) is 6.08 Å². The van der Waals surface area contributed by atoms with Gasteiger partial charge in [0.25, 0.3) is 0 Å². The molecule has 0 spiro atoms. The fourth-order valence-electron chi connectivity index (χ4n) is 5.83. The summed E-state index contributed by atoms with van der Waals surface area (Å²) in [5.41, 5.74) is 2.26. The van der Waals surface area contributed by atoms with Crippen molar-refractivity contribution in [1.29, 1.82) is 10.5 Å². The van der Waals surface area contributed by atoms with Crippen molar-refractivity contribution < 1.29 is 23.9 Å². The molecule has 1 aromatic rings. The number of allylic oxidation sites excluding steroid dienone is 6. The Morgan fingerprint density at radius 2 is 1.74 bits per heavy atom. The lowest BCUT2D eigenvalue weighted by atomic mass is 9.63. The van der Waals surface area contributed by atoms with Gasteiger partial charge in [0.05, 0.1) is 12.1 Å². The van der Waals surface area contributed by atoms with Crippen LogP contribution in [0.5, 0.6) is 0 Å². The molecule has 0 radical (unpaired) electrons. The molecule has 0 unspecified atom stereocenters. The highest BCUT2D eigenvalue weighted by molar-refractivity contribution is 6.03. The van der Waals surface area contributed by atoms with Gasteiger partial charge in [0.15, 0.2) is 11.2 Å². The third-order valence-corrected chi connectivity index (χ3v) is 7.67. The summed E-state index contributed by atoms with van der Waals surface area (Å²) in [6.45, 7) is 6.32. The van der Waals surface area contributed by atoms with Gasteiger partial charge in [-0.2, -0.15) is 10.5 Å². The Morgan fingerprint density at radius 1 is 1.08 bits per heavy atom. The van der Waals surface area contributed by atoms with Gasteiger partial charge >= 0.3 is 11.9 Å². The molecule has 0 aliphatic heterocycles. The molecule has 0 aromatic heterocycles. The van der Waals surface area contributed by atoms with Crippen molar-refractivity contribution in [3.8, 4) is 12.1 Å². The first-order valence-corrected chi connectivity index (χ1v) is 12.9. The van der Waals surface area contributed by atoms with Gasteiger partial charge in [-0.3, -0.25) is 14.4 Å². The van der Waals surface area contributed by atoms with Gasteiger partial charge in [0.1, 0.15) is 13.2 Å². The summed E-state index contributed by atoms with van der Waals surface area (Å²) in [6.07, 6.45) is 8.56. The van der Waals surface area contributed by atoms with E-state index < -0.39 is 23.3 Å². The van der Waals surface area contributed by atoms with Crippen molar-refractivity contribution in [3.63, 3.8) is 0 Å². The molecule has 3 aliphatic rings. The van der Waals surface area contributed by atoms with E-state index in [9.17, 15) is 24.9 Å². The maximum absolute atomic E-state index is 13.1. The highest BCUT2D eigenvalue weighted by atomic mass is 16.5. The quantitative estimate of drug-likeness (QED) is 0.357. The Balaban J connectivity index is 1.92. The third-order valence-electron chi connectivity index (χ3n) is 7.67. The standard InChI is InChI=1S/C32H30N2O5/c1-4-24-12-23(11-10-22-8-6-5-7-9-22)13-29-31(24)28(17-39-21(3)36)25-14-30(37)27(16-38-20(2)35)26(25)15-32(29,18-33)19-34/h4-11,13,23-24,31H,1,12,14-17H2,2-3H3/b11-10+/t23-,24+,31-/m0/s1. The van der Waals surface area contributed by atoms with E-state index in [-0.39, 0.29) is 49.2 Å². The summed E-state index contributed by atoms with van der Waals surface area (Å²) in [6, 6.07) is 14.4. The summed E-state index contributed by atoms with van der Waals surface area (Å²) in [7, 11) is 0. The lowest BCUT2D eigenvalue weighted by Gasteiger charge is -2.38. The summed E-state index contributed by atoms with van der Waals surface area (Å²) in [5, 5.41) is 21.0. The molecule has 0 N–H and O–H groups in total. The second kappa shape index (κ2) is 11.5. The number of rotatable bonds is 7. The molecule has 7 nitrogen and oxygen atoms in total. The lowest BCUT2D eigenvalue weighted by Crippen LogP contribution is -2.34. The number of hydrogen-bond acceptors (Lipinski definition) is 7. The minimum atomic E-state index is -1.57. The largest absolute Gasteiger partial charge is 0.461 e. The molecule has 0 fully saturated rings. The van der Waals surface area contributed by atoms with Crippen LogP contribution in [0.4, 0.5) is 0 Å². The van der Waals surface area contributed by atoms with E-state index in [2.05, 4.69) is 24.8 Å². The number of ether oxygens (including phenoxy) is 2. The van der Waals surface area contributed by atoms with Crippen LogP contribution in [0.3, 0.4) is 0 Å². The number of carbonyl (C=O) groups excluding carboxylic acids is 3. The van der Waals surface area contributed by atoms with E-state index in [1.165, 1.54) is 13.8 Å². The van der Waals surface area contributed by atoms with Crippen molar-refractivity contribution in [1.82, 2.24) is 0 Å². The van der Waals surface area contributed by atoms with Crippen LogP contribution in [0.15, 0.2) is 83.0 Å². The molecular formula is C32H30N2O5. The molecule has 3 aliphatic carbocycles. The zero-order valence-electron chi connectivity index (χ0n) is 22.1. The van der Waals surface area contributed by atoms with Crippen LogP contribution < -0.4 is 0 Å². The Bertz CT molecular complexity index is 1400. The fraction of sp³-hybridized carbons (Fsp3) is 0.344. The first kappa shape index (κ1) is 27.5.